The van der Waals surface area contributed by atoms with Gasteiger partial charge in [0, 0.05) is 34.4 Å². The fourth-order valence-electron chi connectivity index (χ4n) is 5.40. The van der Waals surface area contributed by atoms with Crippen LogP contribution in [0.2, 0.25) is 17.3 Å². The molecular formula is C43H42GeIrN2O-2. The normalized spacial score (nSPS) is 13.7. The third-order valence-electron chi connectivity index (χ3n) is 7.79. The van der Waals surface area contributed by atoms with Gasteiger partial charge in [-0.25, -0.2) is 0 Å². The molecule has 4 aromatic carbocycles. The minimum Gasteiger partial charge on any atom is -0.501 e. The Bertz CT molecular complexity index is 2270. The summed E-state index contributed by atoms with van der Waals surface area (Å²) in [6.07, 6.45) is 2.11. The molecule has 245 valence electrons. The molecule has 3 aromatic heterocycles. The molecule has 0 unspecified atom stereocenters. The summed E-state index contributed by atoms with van der Waals surface area (Å²) in [5, 5.41) is 2.04. The average Bonchev–Trinajstić information content (AvgIpc) is 3.49. The van der Waals surface area contributed by atoms with E-state index in [1.165, 1.54) is 10.5 Å². The Morgan fingerprint density at radius 3 is 2.29 bits per heavy atom. The molecule has 7 aromatic rings. The van der Waals surface area contributed by atoms with Crippen LogP contribution < -0.4 is 4.40 Å². The van der Waals surface area contributed by atoms with Crippen molar-refractivity contribution in [1.82, 2.24) is 9.97 Å². The van der Waals surface area contributed by atoms with Crippen molar-refractivity contribution in [2.75, 3.05) is 0 Å². The maximum Gasteiger partial charge on any atom is 0.121 e. The van der Waals surface area contributed by atoms with Crippen molar-refractivity contribution < 1.29 is 31.4 Å². The molecule has 0 aliphatic carbocycles. The first-order valence-electron chi connectivity index (χ1n) is 18.3. The van der Waals surface area contributed by atoms with Crippen LogP contribution in [0.5, 0.6) is 0 Å². The van der Waals surface area contributed by atoms with Crippen LogP contribution in [0.25, 0.3) is 55.6 Å². The van der Waals surface area contributed by atoms with Gasteiger partial charge in [0.15, 0.2) is 0 Å². The fraction of sp³-hybridized carbons (Fsp3) is 0.209. The van der Waals surface area contributed by atoms with Crippen LogP contribution in [0.1, 0.15) is 38.8 Å². The van der Waals surface area contributed by atoms with Gasteiger partial charge in [0.25, 0.3) is 0 Å². The number of nitrogens with zero attached hydrogens (tertiary/aromatic N) is 2. The first-order chi connectivity index (χ1) is 24.4. The first-order valence-corrected chi connectivity index (χ1v) is 23.2. The average molecular weight is 873 g/mol. The smallest absolute Gasteiger partial charge is 0.121 e. The Hall–Kier alpha value is -3.83. The quantitative estimate of drug-likeness (QED) is 0.128. The summed E-state index contributed by atoms with van der Waals surface area (Å²) >= 11 is -1.83. The Kier molecular flexibility index (Phi) is 8.94. The van der Waals surface area contributed by atoms with Gasteiger partial charge in [-0.3, -0.25) is 0 Å². The topological polar surface area (TPSA) is 38.9 Å². The number of hydrogen-bond donors (Lipinski definition) is 0. The van der Waals surface area contributed by atoms with Crippen molar-refractivity contribution in [2.45, 2.75) is 51.3 Å². The molecular weight excluding hydrogens is 825 g/mol. The number of benzene rings is 4. The van der Waals surface area contributed by atoms with Gasteiger partial charge in [-0.05, 0) is 40.7 Å². The Morgan fingerprint density at radius 2 is 1.62 bits per heavy atom. The Balaban J connectivity index is 0.000000223. The molecule has 5 heteroatoms. The molecule has 0 fully saturated rings. The minimum atomic E-state index is -2.08. The summed E-state index contributed by atoms with van der Waals surface area (Å²) in [5.74, 6) is 6.98. The third kappa shape index (κ3) is 8.41. The van der Waals surface area contributed by atoms with Gasteiger partial charge in [-0.1, -0.05) is 85.8 Å². The second kappa shape index (κ2) is 14.7. The Morgan fingerprint density at radius 1 is 0.812 bits per heavy atom. The number of aryl methyl sites for hydroxylation is 1. The van der Waals surface area contributed by atoms with Crippen LogP contribution in [0.15, 0.2) is 120 Å². The van der Waals surface area contributed by atoms with Crippen LogP contribution in [0.3, 0.4) is 0 Å². The number of fused-ring (bicyclic) bond motifs is 3. The molecule has 0 spiro atoms. The SMILES string of the molecule is [2H]C([2H])([2H])c1c[c-]c(-c2cc[c]([Ge]([CH3])([CH3])[CH3])cn2)cc1.[2H]C([2H])(c1ccnc(-c2[c-]ccc3c2oc2cc(-c4ccccc4)ccc23)c1)C(C)(C)C.[Ir]. The van der Waals surface area contributed by atoms with Gasteiger partial charge >= 0.3 is 110 Å². The second-order valence-corrected chi connectivity index (χ2v) is 24.4. The molecule has 7 rings (SSSR count). The maximum absolute atomic E-state index is 8.64. The molecule has 0 atom stereocenters. The summed E-state index contributed by atoms with van der Waals surface area (Å²) in [5.41, 5.74) is 7.18. The van der Waals surface area contributed by atoms with E-state index in [2.05, 4.69) is 75.8 Å². The van der Waals surface area contributed by atoms with Crippen molar-refractivity contribution >= 4 is 39.6 Å². The molecule has 0 aliphatic heterocycles. The number of hydrogen-bond acceptors (Lipinski definition) is 3. The van der Waals surface area contributed by atoms with Gasteiger partial charge < -0.3 is 9.40 Å². The van der Waals surface area contributed by atoms with E-state index in [1.807, 2.05) is 69.4 Å². The number of rotatable bonds is 5. The minimum absolute atomic E-state index is 0. The Labute approximate surface area is 308 Å². The van der Waals surface area contributed by atoms with E-state index >= 15 is 0 Å². The summed E-state index contributed by atoms with van der Waals surface area (Å²) in [4.78, 5) is 9.01. The van der Waals surface area contributed by atoms with Crippen molar-refractivity contribution in [2.24, 2.45) is 5.41 Å². The standard InChI is InChI=1S/C28H24NO.C15H18GeN.Ir/c1-28(2,3)18-19-14-15-29-25(16-19)24-11-7-10-23-22-13-12-21(17-26(22)30-27(23)24)20-8-5-4-6-9-20;1-12-5-7-13(8-6-12)15-10-9-14(11-17-15)16(2,3)4;/h4-10,12-17H,18H2,1-3H3;5-7,9-11H,1-4H3;/q2*-1;/i18D2;1D3;. The van der Waals surface area contributed by atoms with Crippen LogP contribution in [0.4, 0.5) is 0 Å². The van der Waals surface area contributed by atoms with E-state index in [1.54, 1.807) is 24.4 Å². The fourth-order valence-corrected chi connectivity index (χ4v) is 7.57. The van der Waals surface area contributed by atoms with Crippen LogP contribution in [-0.4, -0.2) is 23.2 Å². The van der Waals surface area contributed by atoms with Gasteiger partial charge in [0.05, 0.1) is 5.58 Å². The zero-order chi connectivity index (χ0) is 37.5. The molecule has 0 aliphatic rings. The predicted octanol–water partition coefficient (Wildman–Crippen LogP) is 11.1. The van der Waals surface area contributed by atoms with E-state index in [4.69, 9.17) is 11.3 Å². The molecule has 0 amide bonds. The van der Waals surface area contributed by atoms with Crippen molar-refractivity contribution in [3.8, 4) is 33.6 Å². The summed E-state index contributed by atoms with van der Waals surface area (Å²) in [6, 6.07) is 39.3. The molecule has 48 heavy (non-hydrogen) atoms. The van der Waals surface area contributed by atoms with Crippen LogP contribution >= 0.6 is 0 Å². The molecule has 0 saturated heterocycles. The van der Waals surface area contributed by atoms with E-state index in [0.717, 1.165) is 44.3 Å². The summed E-state index contributed by atoms with van der Waals surface area (Å²) in [7, 11) is 0. The third-order valence-corrected chi connectivity index (χ3v) is 12.0. The van der Waals surface area contributed by atoms with Gasteiger partial charge in [0.2, 0.25) is 0 Å². The maximum atomic E-state index is 8.64. The van der Waals surface area contributed by atoms with E-state index in [0.29, 0.717) is 22.4 Å². The second-order valence-electron chi connectivity index (χ2n) is 13.8. The number of pyridine rings is 2. The zero-order valence-corrected chi connectivity index (χ0v) is 32.6. The van der Waals surface area contributed by atoms with E-state index in [-0.39, 0.29) is 20.1 Å². The molecule has 0 saturated carbocycles. The van der Waals surface area contributed by atoms with Crippen molar-refractivity contribution in [1.29, 1.82) is 0 Å². The molecule has 3 nitrogen and oxygen atoms in total. The molecule has 3 heterocycles. The number of furan rings is 1. The van der Waals surface area contributed by atoms with Gasteiger partial charge in [-0.2, -0.15) is 0 Å². The van der Waals surface area contributed by atoms with Crippen molar-refractivity contribution in [3.63, 3.8) is 0 Å². The van der Waals surface area contributed by atoms with Crippen LogP contribution in [0, 0.1) is 24.4 Å². The zero-order valence-electron chi connectivity index (χ0n) is 33.1. The molecule has 0 N–H and O–H groups in total. The largest absolute Gasteiger partial charge is 0.501 e. The van der Waals surface area contributed by atoms with Gasteiger partial charge in [-0.15, -0.1) is 18.2 Å². The van der Waals surface area contributed by atoms with E-state index < -0.39 is 31.9 Å². The monoisotopic (exact) mass is 874 g/mol. The van der Waals surface area contributed by atoms with Crippen LogP contribution in [-0.2, 0) is 26.5 Å². The molecule has 1 radical (unpaired) electrons. The van der Waals surface area contributed by atoms with E-state index in [9.17, 15) is 0 Å². The summed E-state index contributed by atoms with van der Waals surface area (Å²) < 4.78 is 47.0. The predicted molar refractivity (Wildman–Crippen MR) is 201 cm³/mol. The number of aromatic nitrogens is 2. The van der Waals surface area contributed by atoms with Crippen molar-refractivity contribution in [3.05, 3.63) is 139 Å². The summed E-state index contributed by atoms with van der Waals surface area (Å²) in [6.45, 7) is 3.64. The first kappa shape index (κ1) is 29.1. The molecule has 0 bridgehead atoms. The van der Waals surface area contributed by atoms with Gasteiger partial charge in [0.1, 0.15) is 5.58 Å².